The second kappa shape index (κ2) is 8.01. The summed E-state index contributed by atoms with van der Waals surface area (Å²) in [5, 5.41) is 8.55. The zero-order valence-corrected chi connectivity index (χ0v) is 17.1. The van der Waals surface area contributed by atoms with Crippen molar-refractivity contribution in [2.24, 2.45) is 7.05 Å². The van der Waals surface area contributed by atoms with Gasteiger partial charge in [-0.25, -0.2) is 0 Å². The summed E-state index contributed by atoms with van der Waals surface area (Å²) >= 11 is 5.93. The molecule has 6 nitrogen and oxygen atoms in total. The molecule has 0 spiro atoms. The number of carbonyl (C=O) groups is 1. The number of benzene rings is 1. The van der Waals surface area contributed by atoms with Crippen molar-refractivity contribution in [3.8, 4) is 22.7 Å². The molecule has 0 aliphatic rings. The van der Waals surface area contributed by atoms with Crippen molar-refractivity contribution < 1.29 is 44.4 Å². The Balaban J connectivity index is 2.18. The number of hydrogen-bond donors (Lipinski definition) is 1. The summed E-state index contributed by atoms with van der Waals surface area (Å²) in [6, 6.07) is 4.72. The van der Waals surface area contributed by atoms with Gasteiger partial charge in [0.05, 0.1) is 10.6 Å². The first-order valence-corrected chi connectivity index (χ1v) is 9.05. The zero-order valence-electron chi connectivity index (χ0n) is 16.4. The third-order valence-electron chi connectivity index (χ3n) is 4.46. The van der Waals surface area contributed by atoms with Crippen LogP contribution in [0.5, 0.6) is 0 Å². The lowest BCUT2D eigenvalue weighted by Crippen LogP contribution is -2.36. The van der Waals surface area contributed by atoms with Crippen LogP contribution in [0.25, 0.3) is 22.7 Å². The first-order chi connectivity index (χ1) is 15.1. The molecule has 1 amide bonds. The molecule has 1 N–H and O–H groups in total. The number of nitrogens with zero attached hydrogens (tertiary/aromatic N) is 3. The summed E-state index contributed by atoms with van der Waals surface area (Å²) in [5.41, 5.74) is -6.61. The topological polar surface area (TPSA) is 73.0 Å². The van der Waals surface area contributed by atoms with E-state index in [0.717, 1.165) is 13.1 Å². The maximum absolute atomic E-state index is 13.8. The van der Waals surface area contributed by atoms with Crippen LogP contribution in [0, 0.1) is 0 Å². The lowest BCUT2D eigenvalue weighted by molar-refractivity contribution is -0.292. The van der Waals surface area contributed by atoms with Crippen molar-refractivity contribution in [1.29, 1.82) is 0 Å². The van der Waals surface area contributed by atoms with Crippen LogP contribution >= 0.6 is 11.6 Å². The number of nitrogens with one attached hydrogen (secondary N) is 1. The quantitative estimate of drug-likeness (QED) is 0.483. The molecule has 0 bridgehead atoms. The van der Waals surface area contributed by atoms with E-state index >= 15 is 0 Å². The molecular formula is C18H11ClF8N4O2. The fourth-order valence-electron chi connectivity index (χ4n) is 2.95. The minimum Gasteiger partial charge on any atom is -0.356 e. The van der Waals surface area contributed by atoms with Gasteiger partial charge in [0.2, 0.25) is 0 Å². The van der Waals surface area contributed by atoms with E-state index in [4.69, 9.17) is 16.1 Å². The van der Waals surface area contributed by atoms with E-state index in [9.17, 15) is 39.9 Å². The molecule has 0 aliphatic heterocycles. The molecule has 15 heteroatoms. The van der Waals surface area contributed by atoms with Gasteiger partial charge in [0, 0.05) is 25.7 Å². The van der Waals surface area contributed by atoms with E-state index in [1.165, 1.54) is 25.2 Å². The Bertz CT molecular complexity index is 1210. The maximum atomic E-state index is 13.8. The summed E-state index contributed by atoms with van der Waals surface area (Å²) in [6.45, 7) is 0. The van der Waals surface area contributed by atoms with Crippen molar-refractivity contribution in [3.63, 3.8) is 0 Å². The van der Waals surface area contributed by atoms with Gasteiger partial charge in [0.15, 0.2) is 11.5 Å². The average molecular weight is 503 g/mol. The molecule has 0 saturated heterocycles. The number of carbonyl (C=O) groups excluding carboxylic acids is 1. The van der Waals surface area contributed by atoms with Gasteiger partial charge in [-0.05, 0) is 18.2 Å². The van der Waals surface area contributed by atoms with E-state index in [2.05, 4.69) is 15.6 Å². The molecule has 2 heterocycles. The van der Waals surface area contributed by atoms with Gasteiger partial charge >= 0.3 is 18.3 Å². The van der Waals surface area contributed by atoms with Crippen molar-refractivity contribution in [2.75, 3.05) is 7.05 Å². The largest absolute Gasteiger partial charge is 0.459 e. The van der Waals surface area contributed by atoms with Crippen LogP contribution in [0.15, 0.2) is 28.8 Å². The molecule has 0 aliphatic carbocycles. The van der Waals surface area contributed by atoms with Crippen LogP contribution in [-0.4, -0.2) is 34.1 Å². The van der Waals surface area contributed by atoms with Gasteiger partial charge in [-0.15, -0.1) is 0 Å². The fraction of sp³-hybridized carbons (Fsp3) is 0.278. The van der Waals surface area contributed by atoms with E-state index in [1.54, 1.807) is 0 Å². The van der Waals surface area contributed by atoms with Crippen LogP contribution in [0.1, 0.15) is 21.6 Å². The number of hydrogen-bond acceptors (Lipinski definition) is 4. The summed E-state index contributed by atoms with van der Waals surface area (Å²) in [5.74, 6) is -6.70. The van der Waals surface area contributed by atoms with Gasteiger partial charge in [-0.1, -0.05) is 16.8 Å². The van der Waals surface area contributed by atoms with Gasteiger partial charge in [0.25, 0.3) is 5.91 Å². The van der Waals surface area contributed by atoms with Crippen molar-refractivity contribution in [3.05, 3.63) is 46.1 Å². The molecule has 178 valence electrons. The Labute approximate surface area is 184 Å². The number of alkyl halides is 8. The number of aryl methyl sites for hydroxylation is 1. The molecule has 3 rings (SSSR count). The number of aromatic nitrogens is 3. The number of amides is 1. The smallest absolute Gasteiger partial charge is 0.356 e. The van der Waals surface area contributed by atoms with Gasteiger partial charge in [-0.3, -0.25) is 9.48 Å². The normalized spacial score (nSPS) is 12.8. The van der Waals surface area contributed by atoms with Gasteiger partial charge < -0.3 is 9.84 Å². The van der Waals surface area contributed by atoms with Crippen LogP contribution in [0.3, 0.4) is 0 Å². The first-order valence-electron chi connectivity index (χ1n) is 8.68. The van der Waals surface area contributed by atoms with Crippen LogP contribution < -0.4 is 5.32 Å². The highest BCUT2D eigenvalue weighted by Gasteiger charge is 2.64. The van der Waals surface area contributed by atoms with Crippen LogP contribution in [0.4, 0.5) is 35.1 Å². The second-order valence-electron chi connectivity index (χ2n) is 6.62. The molecule has 0 unspecified atom stereocenters. The molecule has 3 aromatic rings. The third kappa shape index (κ3) is 4.26. The van der Waals surface area contributed by atoms with Crippen LogP contribution in [-0.2, 0) is 19.1 Å². The van der Waals surface area contributed by atoms with E-state index in [0.29, 0.717) is 0 Å². The fourth-order valence-corrected chi connectivity index (χ4v) is 3.15. The van der Waals surface area contributed by atoms with Gasteiger partial charge in [-0.2, -0.15) is 40.2 Å². The van der Waals surface area contributed by atoms with Gasteiger partial charge in [0.1, 0.15) is 17.0 Å². The van der Waals surface area contributed by atoms with E-state index in [-0.39, 0.29) is 26.6 Å². The van der Waals surface area contributed by atoms with Crippen molar-refractivity contribution in [2.45, 2.75) is 18.3 Å². The lowest BCUT2D eigenvalue weighted by atomic mass is 10.0. The SMILES string of the molecule is CNC(=O)c1cc(-c2cc(-c3c(C(F)(F)F)c(C(F)(F)C(F)(F)F)nn3C)no2)ccc1Cl. The Hall–Kier alpha value is -3.16. The van der Waals surface area contributed by atoms with Crippen LogP contribution in [0.2, 0.25) is 5.02 Å². The van der Waals surface area contributed by atoms with E-state index in [1.807, 2.05) is 0 Å². The number of rotatable bonds is 4. The highest BCUT2D eigenvalue weighted by molar-refractivity contribution is 6.34. The van der Waals surface area contributed by atoms with E-state index < -0.39 is 46.8 Å². The summed E-state index contributed by atoms with van der Waals surface area (Å²) in [4.78, 5) is 11.9. The predicted octanol–water partition coefficient (Wildman–Crippen LogP) is 5.43. The summed E-state index contributed by atoms with van der Waals surface area (Å²) < 4.78 is 112. The highest BCUT2D eigenvalue weighted by Crippen LogP contribution is 2.50. The minimum atomic E-state index is -6.33. The Morgan fingerprint density at radius 1 is 1.09 bits per heavy atom. The monoisotopic (exact) mass is 502 g/mol. The summed E-state index contributed by atoms with van der Waals surface area (Å²) in [6.07, 6.45) is -12.0. The standard InChI is InChI=1S/C18H11ClF8N4O2/c1-28-15(32)8-5-7(3-4-9(8)19)11-6-10(30-33-11)13-12(17(22,23)24)14(29-31(13)2)16(20,21)18(25,26)27/h3-6H,1-2H3,(H,28,32). The second-order valence-corrected chi connectivity index (χ2v) is 7.02. The Morgan fingerprint density at radius 3 is 2.27 bits per heavy atom. The van der Waals surface area contributed by atoms with Crippen molar-refractivity contribution in [1.82, 2.24) is 20.3 Å². The molecule has 33 heavy (non-hydrogen) atoms. The van der Waals surface area contributed by atoms with Crippen molar-refractivity contribution >= 4 is 17.5 Å². The average Bonchev–Trinajstić information content (AvgIpc) is 3.31. The lowest BCUT2D eigenvalue weighted by Gasteiger charge is -2.19. The Morgan fingerprint density at radius 2 is 1.73 bits per heavy atom. The molecular weight excluding hydrogens is 492 g/mol. The third-order valence-corrected chi connectivity index (χ3v) is 4.79. The minimum absolute atomic E-state index is 0.0155. The molecule has 0 fully saturated rings. The zero-order chi connectivity index (χ0) is 24.9. The molecule has 1 aromatic carbocycles. The predicted molar refractivity (Wildman–Crippen MR) is 97.5 cm³/mol. The highest BCUT2D eigenvalue weighted by atomic mass is 35.5. The summed E-state index contributed by atoms with van der Waals surface area (Å²) in [7, 11) is 2.08. The first kappa shape index (κ1) is 24.5. The molecule has 0 atom stereocenters. The Kier molecular flexibility index (Phi) is 5.94. The molecule has 0 radical (unpaired) electrons. The maximum Gasteiger partial charge on any atom is 0.459 e. The molecule has 0 saturated carbocycles. The number of halogens is 9. The molecule has 2 aromatic heterocycles.